The monoisotopic (exact) mass is 304 g/mol. The predicted molar refractivity (Wildman–Crippen MR) is 82.8 cm³/mol. The van der Waals surface area contributed by atoms with Crippen LogP contribution in [0.15, 0.2) is 30.3 Å². The molecule has 1 atom stereocenters. The van der Waals surface area contributed by atoms with Crippen molar-refractivity contribution in [2.45, 2.75) is 13.0 Å². The molecule has 0 N–H and O–H groups in total. The van der Waals surface area contributed by atoms with Crippen molar-refractivity contribution < 1.29 is 9.53 Å². The van der Waals surface area contributed by atoms with Crippen LogP contribution in [0, 0.1) is 6.92 Å². The number of carbonyl (C=O) groups excluding carboxylic acids is 1. The van der Waals surface area contributed by atoms with Crippen LogP contribution in [0.4, 0.5) is 0 Å². The summed E-state index contributed by atoms with van der Waals surface area (Å²) in [6.45, 7) is 3.53. The van der Waals surface area contributed by atoms with Crippen LogP contribution >= 0.6 is 11.6 Å². The summed E-state index contributed by atoms with van der Waals surface area (Å²) < 4.78 is 5.41. The maximum atomic E-state index is 12.9. The third-order valence-electron chi connectivity index (χ3n) is 3.74. The largest absolute Gasteiger partial charge is 0.377 e. The first kappa shape index (κ1) is 14.3. The van der Waals surface area contributed by atoms with E-state index in [-0.39, 0.29) is 11.9 Å². The van der Waals surface area contributed by atoms with E-state index < -0.39 is 0 Å². The predicted octanol–water partition coefficient (Wildman–Crippen LogP) is 2.62. The standard InChI is InChI=1S/C16H17ClN2O2/c1-11-8-14(13-4-2-3-5-15(13)18-11)16(20)19-6-7-21-10-12(19)9-17/h2-5,8,12H,6-7,9-10H2,1H3. The number of halogens is 1. The molecule has 4 nitrogen and oxygen atoms in total. The van der Waals surface area contributed by atoms with Crippen molar-refractivity contribution in [1.82, 2.24) is 9.88 Å². The Labute approximate surface area is 128 Å². The number of fused-ring (bicyclic) bond motifs is 1. The Kier molecular flexibility index (Phi) is 4.08. The van der Waals surface area contributed by atoms with Crippen molar-refractivity contribution in [3.8, 4) is 0 Å². The van der Waals surface area contributed by atoms with Crippen LogP contribution in [0.1, 0.15) is 16.1 Å². The SMILES string of the molecule is Cc1cc(C(=O)N2CCOCC2CCl)c2ccccc2n1. The topological polar surface area (TPSA) is 42.4 Å². The molecule has 0 spiro atoms. The molecule has 5 heteroatoms. The van der Waals surface area contributed by atoms with Gasteiger partial charge in [-0.15, -0.1) is 11.6 Å². The first-order valence-electron chi connectivity index (χ1n) is 7.02. The van der Waals surface area contributed by atoms with Gasteiger partial charge >= 0.3 is 0 Å². The minimum atomic E-state index is -0.0693. The van der Waals surface area contributed by atoms with E-state index in [0.717, 1.165) is 16.6 Å². The number of ether oxygens (including phenoxy) is 1. The van der Waals surface area contributed by atoms with Crippen LogP contribution in [0.5, 0.6) is 0 Å². The number of pyridine rings is 1. The molecule has 21 heavy (non-hydrogen) atoms. The summed E-state index contributed by atoms with van der Waals surface area (Å²) in [5, 5.41) is 0.882. The molecule has 0 bridgehead atoms. The summed E-state index contributed by atoms with van der Waals surface area (Å²) >= 11 is 5.97. The van der Waals surface area contributed by atoms with Crippen LogP contribution in [-0.4, -0.2) is 47.5 Å². The number of rotatable bonds is 2. The summed E-state index contributed by atoms with van der Waals surface area (Å²) in [6.07, 6.45) is 0. The smallest absolute Gasteiger partial charge is 0.255 e. The molecule has 2 heterocycles. The lowest BCUT2D eigenvalue weighted by atomic mass is 10.1. The third-order valence-corrected chi connectivity index (χ3v) is 4.10. The molecule has 1 aliphatic heterocycles. The number of hydrogen-bond donors (Lipinski definition) is 0. The third kappa shape index (κ3) is 2.74. The Morgan fingerprint density at radius 1 is 1.48 bits per heavy atom. The van der Waals surface area contributed by atoms with Crippen LogP contribution < -0.4 is 0 Å². The van der Waals surface area contributed by atoms with E-state index in [4.69, 9.17) is 16.3 Å². The number of carbonyl (C=O) groups is 1. The van der Waals surface area contributed by atoms with Crippen molar-refractivity contribution in [2.24, 2.45) is 0 Å². The zero-order valence-corrected chi connectivity index (χ0v) is 12.6. The fourth-order valence-corrected chi connectivity index (χ4v) is 2.95. The second kappa shape index (κ2) is 6.00. The van der Waals surface area contributed by atoms with Gasteiger partial charge in [0.1, 0.15) is 0 Å². The fourth-order valence-electron chi connectivity index (χ4n) is 2.69. The number of aromatic nitrogens is 1. The Bertz CT molecular complexity index is 674. The molecule has 1 saturated heterocycles. The van der Waals surface area contributed by atoms with E-state index >= 15 is 0 Å². The molecule has 1 amide bonds. The van der Waals surface area contributed by atoms with Crippen LogP contribution in [0.3, 0.4) is 0 Å². The minimum Gasteiger partial charge on any atom is -0.377 e. The first-order valence-corrected chi connectivity index (χ1v) is 7.55. The van der Waals surface area contributed by atoms with Crippen molar-refractivity contribution >= 4 is 28.4 Å². The molecule has 0 radical (unpaired) electrons. The molecular formula is C16H17ClN2O2. The maximum absolute atomic E-state index is 12.9. The summed E-state index contributed by atoms with van der Waals surface area (Å²) in [5.41, 5.74) is 2.37. The van der Waals surface area contributed by atoms with Crippen molar-refractivity contribution in [3.63, 3.8) is 0 Å². The van der Waals surface area contributed by atoms with Crippen LogP contribution in [-0.2, 0) is 4.74 Å². The lowest BCUT2D eigenvalue weighted by Gasteiger charge is -2.34. The Balaban J connectivity index is 2.04. The van der Waals surface area contributed by atoms with Gasteiger partial charge < -0.3 is 9.64 Å². The molecule has 2 aromatic rings. The number of para-hydroxylation sites is 1. The lowest BCUT2D eigenvalue weighted by Crippen LogP contribution is -2.49. The zero-order chi connectivity index (χ0) is 14.8. The number of alkyl halides is 1. The van der Waals surface area contributed by atoms with E-state index in [0.29, 0.717) is 31.2 Å². The van der Waals surface area contributed by atoms with E-state index in [1.165, 1.54) is 0 Å². The van der Waals surface area contributed by atoms with Crippen molar-refractivity contribution in [3.05, 3.63) is 41.6 Å². The summed E-state index contributed by atoms with van der Waals surface area (Å²) in [6, 6.07) is 9.50. The van der Waals surface area contributed by atoms with Gasteiger partial charge in [0, 0.05) is 23.5 Å². The summed E-state index contributed by atoms with van der Waals surface area (Å²) in [5.74, 6) is 0.388. The Hall–Kier alpha value is -1.65. The lowest BCUT2D eigenvalue weighted by molar-refractivity contribution is 0.00466. The number of benzene rings is 1. The number of hydrogen-bond acceptors (Lipinski definition) is 3. The highest BCUT2D eigenvalue weighted by Gasteiger charge is 2.28. The van der Waals surface area contributed by atoms with Crippen LogP contribution in [0.25, 0.3) is 10.9 Å². The van der Waals surface area contributed by atoms with Gasteiger partial charge in [0.15, 0.2) is 0 Å². The van der Waals surface area contributed by atoms with Gasteiger partial charge in [0.25, 0.3) is 5.91 Å². The molecule has 1 aromatic carbocycles. The van der Waals surface area contributed by atoms with E-state index in [9.17, 15) is 4.79 Å². The average Bonchev–Trinajstić information content (AvgIpc) is 2.53. The van der Waals surface area contributed by atoms with E-state index in [1.807, 2.05) is 42.2 Å². The van der Waals surface area contributed by atoms with Crippen molar-refractivity contribution in [1.29, 1.82) is 0 Å². The molecule has 1 aromatic heterocycles. The normalized spacial score (nSPS) is 19.0. The van der Waals surface area contributed by atoms with Gasteiger partial charge in [0.05, 0.1) is 30.3 Å². The Morgan fingerprint density at radius 3 is 3.10 bits per heavy atom. The molecule has 0 saturated carbocycles. The molecule has 1 unspecified atom stereocenters. The van der Waals surface area contributed by atoms with Gasteiger partial charge in [-0.25, -0.2) is 0 Å². The molecule has 0 aliphatic carbocycles. The average molecular weight is 305 g/mol. The minimum absolute atomic E-state index is 0.00523. The van der Waals surface area contributed by atoms with Crippen LogP contribution in [0.2, 0.25) is 0 Å². The molecule has 1 fully saturated rings. The highest BCUT2D eigenvalue weighted by Crippen LogP contribution is 2.22. The molecule has 110 valence electrons. The second-order valence-corrected chi connectivity index (χ2v) is 5.52. The van der Waals surface area contributed by atoms with Gasteiger partial charge in [-0.05, 0) is 19.1 Å². The molecule has 3 rings (SSSR count). The van der Waals surface area contributed by atoms with E-state index in [1.54, 1.807) is 0 Å². The van der Waals surface area contributed by atoms with Gasteiger partial charge in [-0.3, -0.25) is 9.78 Å². The number of morpholine rings is 1. The van der Waals surface area contributed by atoms with Gasteiger partial charge in [-0.2, -0.15) is 0 Å². The number of nitrogens with zero attached hydrogens (tertiary/aromatic N) is 2. The number of aryl methyl sites for hydroxylation is 1. The van der Waals surface area contributed by atoms with E-state index in [2.05, 4.69) is 4.98 Å². The quantitative estimate of drug-likeness (QED) is 0.801. The highest BCUT2D eigenvalue weighted by molar-refractivity contribution is 6.18. The van der Waals surface area contributed by atoms with Crippen molar-refractivity contribution in [2.75, 3.05) is 25.6 Å². The fraction of sp³-hybridized carbons (Fsp3) is 0.375. The zero-order valence-electron chi connectivity index (χ0n) is 11.9. The Morgan fingerprint density at radius 2 is 2.29 bits per heavy atom. The summed E-state index contributed by atoms with van der Waals surface area (Å²) in [4.78, 5) is 19.2. The maximum Gasteiger partial charge on any atom is 0.255 e. The van der Waals surface area contributed by atoms with Gasteiger partial charge in [0.2, 0.25) is 0 Å². The second-order valence-electron chi connectivity index (χ2n) is 5.21. The number of amides is 1. The highest BCUT2D eigenvalue weighted by atomic mass is 35.5. The molecule has 1 aliphatic rings. The summed E-state index contributed by atoms with van der Waals surface area (Å²) in [7, 11) is 0. The molecular weight excluding hydrogens is 288 g/mol. The van der Waals surface area contributed by atoms with Gasteiger partial charge in [-0.1, -0.05) is 18.2 Å². The first-order chi connectivity index (χ1) is 10.2.